The Morgan fingerprint density at radius 1 is 1.45 bits per heavy atom. The zero-order valence-electron chi connectivity index (χ0n) is 5.70. The lowest BCUT2D eigenvalue weighted by atomic mass is 10.3. The molecule has 2 rings (SSSR count). The lowest BCUT2D eigenvalue weighted by Crippen LogP contribution is -1.92. The van der Waals surface area contributed by atoms with Crippen LogP contribution in [-0.4, -0.2) is 15.2 Å². The fourth-order valence-corrected chi connectivity index (χ4v) is 1.07. The quantitative estimate of drug-likeness (QED) is 0.536. The molecule has 0 aliphatic heterocycles. The molecule has 0 aliphatic carbocycles. The van der Waals surface area contributed by atoms with E-state index < -0.39 is 0 Å². The molecule has 0 saturated carbocycles. The lowest BCUT2D eigenvalue weighted by molar-refractivity contribution is 0.387. The van der Waals surface area contributed by atoms with E-state index in [4.69, 9.17) is 5.21 Å². The van der Waals surface area contributed by atoms with Crippen LogP contribution in [0.3, 0.4) is 0 Å². The van der Waals surface area contributed by atoms with Gasteiger partial charge in [-0.15, -0.1) is 0 Å². The summed E-state index contributed by atoms with van der Waals surface area (Å²) >= 11 is 0. The molecule has 56 valence electrons. The number of aromatic amines is 1. The van der Waals surface area contributed by atoms with Crippen molar-refractivity contribution in [2.45, 2.75) is 0 Å². The molecule has 0 spiro atoms. The number of rotatable bonds is 1. The van der Waals surface area contributed by atoms with Crippen molar-refractivity contribution in [3.8, 4) is 0 Å². The highest BCUT2D eigenvalue weighted by molar-refractivity contribution is 5.88. The van der Waals surface area contributed by atoms with Crippen molar-refractivity contribution < 1.29 is 5.21 Å². The number of nitrogens with zero attached hydrogens (tertiary/aromatic N) is 1. The number of nitrogens with one attached hydrogen (secondary N) is 2. The molecule has 2 aromatic rings. The van der Waals surface area contributed by atoms with Gasteiger partial charge >= 0.3 is 0 Å². The standard InChI is InChI=1S/C7H7N3O/c11-10-7-5-1-3-8-6(5)2-4-9-7/h1-4,8,11H,(H,9,10). The molecule has 0 aromatic carbocycles. The molecule has 0 aliphatic rings. The van der Waals surface area contributed by atoms with Crippen LogP contribution in [0.25, 0.3) is 10.9 Å². The summed E-state index contributed by atoms with van der Waals surface area (Å²) < 4.78 is 0. The SMILES string of the molecule is ONc1nccc2[nH]ccc12. The van der Waals surface area contributed by atoms with Crippen molar-refractivity contribution in [3.63, 3.8) is 0 Å². The predicted octanol–water partition coefficient (Wildman–Crippen LogP) is 1.36. The normalized spacial score (nSPS) is 10.3. The molecule has 2 heterocycles. The van der Waals surface area contributed by atoms with Gasteiger partial charge in [0.15, 0.2) is 5.82 Å². The third-order valence-electron chi connectivity index (χ3n) is 1.58. The van der Waals surface area contributed by atoms with Gasteiger partial charge in [0.25, 0.3) is 0 Å². The fourth-order valence-electron chi connectivity index (χ4n) is 1.07. The molecular weight excluding hydrogens is 142 g/mol. The Labute approximate surface area is 62.8 Å². The Morgan fingerprint density at radius 3 is 3.18 bits per heavy atom. The summed E-state index contributed by atoms with van der Waals surface area (Å²) in [6.07, 6.45) is 3.42. The lowest BCUT2D eigenvalue weighted by Gasteiger charge is -1.97. The average Bonchev–Trinajstić information content (AvgIpc) is 2.50. The Balaban J connectivity index is 2.79. The van der Waals surface area contributed by atoms with Gasteiger partial charge in [0.1, 0.15) is 0 Å². The number of aromatic nitrogens is 2. The van der Waals surface area contributed by atoms with Crippen LogP contribution < -0.4 is 5.48 Å². The van der Waals surface area contributed by atoms with Crippen LogP contribution in [0, 0.1) is 0 Å². The first-order chi connectivity index (χ1) is 5.42. The Bertz CT molecular complexity index is 368. The van der Waals surface area contributed by atoms with Crippen molar-refractivity contribution in [3.05, 3.63) is 24.5 Å². The van der Waals surface area contributed by atoms with Crippen LogP contribution in [0.2, 0.25) is 0 Å². The van der Waals surface area contributed by atoms with E-state index in [0.717, 1.165) is 10.9 Å². The highest BCUT2D eigenvalue weighted by atomic mass is 16.5. The zero-order valence-corrected chi connectivity index (χ0v) is 5.70. The minimum absolute atomic E-state index is 0.476. The highest BCUT2D eigenvalue weighted by Gasteiger charge is 1.99. The number of H-pyrrole nitrogens is 1. The second-order valence-electron chi connectivity index (χ2n) is 2.21. The van der Waals surface area contributed by atoms with Gasteiger partial charge in [-0.25, -0.2) is 4.98 Å². The average molecular weight is 149 g/mol. The van der Waals surface area contributed by atoms with Crippen LogP contribution >= 0.6 is 0 Å². The summed E-state index contributed by atoms with van der Waals surface area (Å²) in [5, 5.41) is 9.51. The molecule has 4 nitrogen and oxygen atoms in total. The number of hydrogen-bond acceptors (Lipinski definition) is 3. The van der Waals surface area contributed by atoms with E-state index in [1.54, 1.807) is 12.4 Å². The monoisotopic (exact) mass is 149 g/mol. The van der Waals surface area contributed by atoms with E-state index >= 15 is 0 Å². The summed E-state index contributed by atoms with van der Waals surface area (Å²) in [6.45, 7) is 0. The van der Waals surface area contributed by atoms with Gasteiger partial charge in [0.05, 0.1) is 5.52 Å². The van der Waals surface area contributed by atoms with Crippen molar-refractivity contribution in [1.82, 2.24) is 9.97 Å². The van der Waals surface area contributed by atoms with Gasteiger partial charge < -0.3 is 4.98 Å². The van der Waals surface area contributed by atoms with Gasteiger partial charge in [-0.3, -0.25) is 10.7 Å². The highest BCUT2D eigenvalue weighted by Crippen LogP contribution is 2.17. The van der Waals surface area contributed by atoms with Gasteiger partial charge in [0, 0.05) is 17.8 Å². The molecule has 3 N–H and O–H groups in total. The maximum absolute atomic E-state index is 8.63. The van der Waals surface area contributed by atoms with E-state index in [9.17, 15) is 0 Å². The Morgan fingerprint density at radius 2 is 2.36 bits per heavy atom. The molecule has 4 heteroatoms. The van der Waals surface area contributed by atoms with E-state index in [1.165, 1.54) is 0 Å². The molecule has 0 saturated heterocycles. The second-order valence-corrected chi connectivity index (χ2v) is 2.21. The second kappa shape index (κ2) is 2.25. The Hall–Kier alpha value is -1.55. The first-order valence-corrected chi connectivity index (χ1v) is 3.24. The Kier molecular flexibility index (Phi) is 1.26. The maximum atomic E-state index is 8.63. The summed E-state index contributed by atoms with van der Waals surface area (Å²) in [4.78, 5) is 6.92. The van der Waals surface area contributed by atoms with E-state index in [2.05, 4.69) is 9.97 Å². The third-order valence-corrected chi connectivity index (χ3v) is 1.58. The molecule has 0 unspecified atom stereocenters. The largest absolute Gasteiger partial charge is 0.361 e. The third kappa shape index (κ3) is 0.841. The molecule has 0 fully saturated rings. The number of hydrogen-bond donors (Lipinski definition) is 3. The van der Waals surface area contributed by atoms with Crippen LogP contribution in [-0.2, 0) is 0 Å². The smallest absolute Gasteiger partial charge is 0.158 e. The molecule has 11 heavy (non-hydrogen) atoms. The molecule has 0 amide bonds. The summed E-state index contributed by atoms with van der Waals surface area (Å²) in [5.41, 5.74) is 2.98. The van der Waals surface area contributed by atoms with Crippen molar-refractivity contribution in [2.24, 2.45) is 0 Å². The predicted molar refractivity (Wildman–Crippen MR) is 41.5 cm³/mol. The molecule has 0 radical (unpaired) electrons. The van der Waals surface area contributed by atoms with E-state index in [1.807, 2.05) is 17.6 Å². The minimum Gasteiger partial charge on any atom is -0.361 e. The van der Waals surface area contributed by atoms with Crippen molar-refractivity contribution in [1.29, 1.82) is 0 Å². The fraction of sp³-hybridized carbons (Fsp3) is 0. The van der Waals surface area contributed by atoms with Crippen molar-refractivity contribution in [2.75, 3.05) is 5.48 Å². The number of pyridine rings is 1. The molecular formula is C7H7N3O. The van der Waals surface area contributed by atoms with Crippen LogP contribution in [0.4, 0.5) is 5.82 Å². The van der Waals surface area contributed by atoms with Gasteiger partial charge in [0.2, 0.25) is 0 Å². The van der Waals surface area contributed by atoms with Crippen LogP contribution in [0.15, 0.2) is 24.5 Å². The first kappa shape index (κ1) is 6.18. The van der Waals surface area contributed by atoms with Crippen LogP contribution in [0.1, 0.15) is 0 Å². The van der Waals surface area contributed by atoms with Crippen molar-refractivity contribution >= 4 is 16.7 Å². The number of fused-ring (bicyclic) bond motifs is 1. The maximum Gasteiger partial charge on any atom is 0.158 e. The van der Waals surface area contributed by atoms with Crippen LogP contribution in [0.5, 0.6) is 0 Å². The van der Waals surface area contributed by atoms with Gasteiger partial charge in [-0.05, 0) is 12.1 Å². The number of anilines is 1. The molecule has 0 atom stereocenters. The minimum atomic E-state index is 0.476. The van der Waals surface area contributed by atoms with E-state index in [-0.39, 0.29) is 0 Å². The summed E-state index contributed by atoms with van der Waals surface area (Å²) in [5.74, 6) is 0.476. The molecule has 2 aromatic heterocycles. The van der Waals surface area contributed by atoms with Gasteiger partial charge in [-0.1, -0.05) is 0 Å². The zero-order chi connectivity index (χ0) is 7.68. The van der Waals surface area contributed by atoms with Gasteiger partial charge in [-0.2, -0.15) is 0 Å². The summed E-state index contributed by atoms with van der Waals surface area (Å²) in [7, 11) is 0. The first-order valence-electron chi connectivity index (χ1n) is 3.24. The molecule has 0 bridgehead atoms. The van der Waals surface area contributed by atoms with E-state index in [0.29, 0.717) is 5.82 Å². The topological polar surface area (TPSA) is 60.9 Å². The summed E-state index contributed by atoms with van der Waals surface area (Å²) in [6, 6.07) is 3.69.